The van der Waals surface area contributed by atoms with E-state index in [0.29, 0.717) is 0 Å². The van der Waals surface area contributed by atoms with E-state index in [2.05, 4.69) is 0 Å². The van der Waals surface area contributed by atoms with Crippen LogP contribution in [0.2, 0.25) is 0 Å². The van der Waals surface area contributed by atoms with E-state index in [1.165, 1.54) is 0 Å². The second-order valence-electron chi connectivity index (χ2n) is 3.91. The summed E-state index contributed by atoms with van der Waals surface area (Å²) in [5.74, 6) is -6.12. The van der Waals surface area contributed by atoms with Gasteiger partial charge in [-0.3, -0.25) is 9.80 Å². The van der Waals surface area contributed by atoms with Crippen LogP contribution in [0.1, 0.15) is 0 Å². The molecule has 0 saturated carbocycles. The molecule has 0 fully saturated rings. The first-order chi connectivity index (χ1) is 9.20. The van der Waals surface area contributed by atoms with E-state index in [-0.39, 0.29) is 207 Å². The molecule has 0 aliphatic carbocycles. The first-order valence-corrected chi connectivity index (χ1v) is 5.44. The van der Waals surface area contributed by atoms with Gasteiger partial charge in [0.15, 0.2) is 0 Å². The predicted octanol–water partition coefficient (Wildman–Crippen LogP) is -10.8. The third-order valence-electron chi connectivity index (χ3n) is 2.14. The van der Waals surface area contributed by atoms with Crippen molar-refractivity contribution in [3.05, 3.63) is 0 Å². The predicted molar refractivity (Wildman–Crippen MR) is 93.0 cm³/mol. The van der Waals surface area contributed by atoms with Crippen LogP contribution in [0.5, 0.6) is 0 Å². The summed E-state index contributed by atoms with van der Waals surface area (Å²) in [6.07, 6.45) is 0. The Morgan fingerprint density at radius 3 is 0.769 bits per heavy atom. The summed E-state index contributed by atoms with van der Waals surface area (Å²) in [4.78, 5) is 43.4. The van der Waals surface area contributed by atoms with Crippen LogP contribution in [0, 0.1) is 0 Å². The fourth-order valence-corrected chi connectivity index (χ4v) is 1.44. The van der Waals surface area contributed by atoms with Gasteiger partial charge in [-0.1, -0.05) is 0 Å². The van der Waals surface area contributed by atoms with Gasteiger partial charge in [-0.15, -0.1) is 0 Å². The van der Waals surface area contributed by atoms with Gasteiger partial charge >= 0.3 is 194 Å². The zero-order chi connectivity index (χ0) is 15.7. The number of aliphatic carboxylic acids is 4. The Balaban J connectivity index is -0.000000120. The molecular weight excluding hydrogens is 448 g/mol. The fourth-order valence-electron chi connectivity index (χ4n) is 1.44. The molecule has 0 rings (SSSR count). The Hall–Kier alpha value is 4.32. The van der Waals surface area contributed by atoms with Crippen LogP contribution >= 0.6 is 0 Å². The average molecular weight is 464 g/mol. The number of nitrogens with zero attached hydrogens (tertiary/aromatic N) is 2. The molecule has 0 spiro atoms. The molecule has 0 aromatic heterocycles. The van der Waals surface area contributed by atoms with E-state index in [1.54, 1.807) is 0 Å². The van der Waals surface area contributed by atoms with Crippen LogP contribution in [-0.4, -0.2) is 267 Å². The molecule has 10 nitrogen and oxygen atoms in total. The van der Waals surface area contributed by atoms with E-state index in [9.17, 15) is 39.6 Å². The topological polar surface area (TPSA) is 167 Å². The maximum absolute atomic E-state index is 10.4. The molecule has 0 aliphatic rings. The molecule has 122 valence electrons. The Kier molecular flexibility index (Phi) is 54.0. The molecule has 26 heavy (non-hydrogen) atoms. The van der Waals surface area contributed by atoms with Crippen LogP contribution in [0.3, 0.4) is 0 Å². The average Bonchev–Trinajstić information content (AvgIpc) is 2.22. The summed E-state index contributed by atoms with van der Waals surface area (Å²) in [6, 6.07) is 0. The van der Waals surface area contributed by atoms with E-state index in [4.69, 9.17) is 0 Å². The van der Waals surface area contributed by atoms with Crippen LogP contribution < -0.4 is 20.4 Å². The van der Waals surface area contributed by atoms with E-state index in [1.807, 2.05) is 0 Å². The van der Waals surface area contributed by atoms with Crippen molar-refractivity contribution in [3.63, 3.8) is 0 Å². The standard InChI is InChI=1S/C10H16N2O8.2Ca.4Na.4H/c13-7(14)3-11(4-8(15)16)1-2-12(5-9(17)18)6-10(19)20;;;;;;;;;;/h1-6H2,(H,13,14)(H,15,16)(H,17,18)(H,19,20);;;;;;;;;;/q;2*+2;;;;;;;;/p-4. The summed E-state index contributed by atoms with van der Waals surface area (Å²) in [5, 5.41) is 41.6. The molecule has 0 aromatic rings. The van der Waals surface area contributed by atoms with E-state index < -0.39 is 50.1 Å². The second-order valence-corrected chi connectivity index (χ2v) is 3.91. The molecule has 0 saturated heterocycles. The van der Waals surface area contributed by atoms with Crippen molar-refractivity contribution in [1.82, 2.24) is 9.80 Å². The summed E-state index contributed by atoms with van der Waals surface area (Å²) < 4.78 is 0. The summed E-state index contributed by atoms with van der Waals surface area (Å²) >= 11 is 0. The van der Waals surface area contributed by atoms with Crippen molar-refractivity contribution in [2.24, 2.45) is 0 Å². The Morgan fingerprint density at radius 1 is 0.500 bits per heavy atom. The van der Waals surface area contributed by atoms with Gasteiger partial charge in [0.1, 0.15) is 0 Å². The zero-order valence-electron chi connectivity index (χ0n) is 11.8. The first-order valence-electron chi connectivity index (χ1n) is 5.44. The van der Waals surface area contributed by atoms with Gasteiger partial charge in [0.2, 0.25) is 0 Å². The third kappa shape index (κ3) is 33.0. The van der Waals surface area contributed by atoms with Crippen molar-refractivity contribution in [2.75, 3.05) is 39.3 Å². The molecule has 0 amide bonds. The van der Waals surface area contributed by atoms with Gasteiger partial charge in [-0.05, 0) is 0 Å². The molecule has 0 atom stereocenters. The van der Waals surface area contributed by atoms with Gasteiger partial charge in [-0.2, -0.15) is 0 Å². The minimum absolute atomic E-state index is 0. The SMILES string of the molecule is O=C([O-])CN(CCN(CC(=O)[O-])CC(=O)[O-])CC(=O)[O-].[Ca+2].[Ca+2].[NaH].[NaH].[NaH].[NaH]. The van der Waals surface area contributed by atoms with Gasteiger partial charge in [0.05, 0.1) is 23.9 Å². The molecule has 0 N–H and O–H groups in total. The maximum atomic E-state index is 10.4. The quantitative estimate of drug-likeness (QED) is 0.268. The minimum atomic E-state index is -1.53. The number of hydrogen-bond donors (Lipinski definition) is 0. The molecule has 0 aliphatic heterocycles. The Morgan fingerprint density at radius 2 is 0.654 bits per heavy atom. The number of hydrogen-bond acceptors (Lipinski definition) is 10. The summed E-state index contributed by atoms with van der Waals surface area (Å²) in [7, 11) is 0. The second kappa shape index (κ2) is 29.3. The van der Waals surface area contributed by atoms with Crippen LogP contribution in [-0.2, 0) is 19.2 Å². The third-order valence-corrected chi connectivity index (χ3v) is 2.14. The van der Waals surface area contributed by atoms with Crippen LogP contribution in [0.15, 0.2) is 0 Å². The summed E-state index contributed by atoms with van der Waals surface area (Å²) in [5.41, 5.74) is 0. The number of carboxylic acids is 4. The normalized spacial score (nSPS) is 8.23. The van der Waals surface area contributed by atoms with Crippen molar-refractivity contribution < 1.29 is 39.6 Å². The molecule has 0 bridgehead atoms. The van der Waals surface area contributed by atoms with Crippen LogP contribution in [0.4, 0.5) is 0 Å². The van der Waals surface area contributed by atoms with E-state index >= 15 is 0 Å². The number of carbonyl (C=O) groups is 4. The van der Waals surface area contributed by atoms with Gasteiger partial charge in [0.25, 0.3) is 0 Å². The molecule has 16 heteroatoms. The van der Waals surface area contributed by atoms with Gasteiger partial charge in [0, 0.05) is 39.3 Å². The van der Waals surface area contributed by atoms with Gasteiger partial charge in [-0.25, -0.2) is 0 Å². The fraction of sp³-hybridized carbons (Fsp3) is 0.600. The Bertz CT molecular complexity index is 341. The summed E-state index contributed by atoms with van der Waals surface area (Å²) in [6.45, 7) is -3.25. The molecular formula is C10H16Ca2N2Na4O8. The zero-order valence-corrected chi connectivity index (χ0v) is 16.2. The first kappa shape index (κ1) is 47.9. The van der Waals surface area contributed by atoms with Crippen molar-refractivity contribution in [2.45, 2.75) is 0 Å². The number of carboxylic acid groups (broad SMARTS) is 4. The number of rotatable bonds is 11. The molecule has 0 aromatic carbocycles. The molecule has 0 heterocycles. The Labute approximate surface area is 299 Å². The molecule has 0 unspecified atom stereocenters. The van der Waals surface area contributed by atoms with Gasteiger partial charge < -0.3 is 39.6 Å². The van der Waals surface area contributed by atoms with Crippen molar-refractivity contribution in [3.8, 4) is 0 Å². The number of carbonyl (C=O) groups excluding carboxylic acids is 4. The van der Waals surface area contributed by atoms with Crippen molar-refractivity contribution in [1.29, 1.82) is 0 Å². The van der Waals surface area contributed by atoms with Crippen LogP contribution in [0.25, 0.3) is 0 Å². The van der Waals surface area contributed by atoms with E-state index in [0.717, 1.165) is 9.80 Å². The monoisotopic (exact) mass is 464 g/mol. The molecule has 0 radical (unpaired) electrons. The van der Waals surface area contributed by atoms with Crippen molar-refractivity contribution >= 4 is 218 Å².